The van der Waals surface area contributed by atoms with Crippen molar-refractivity contribution in [3.05, 3.63) is 69.8 Å². The first-order chi connectivity index (χ1) is 48.7. The molecule has 0 saturated heterocycles. The van der Waals surface area contributed by atoms with Crippen molar-refractivity contribution in [2.75, 3.05) is 92.3 Å². The lowest BCUT2D eigenvalue weighted by atomic mass is 9.92. The van der Waals surface area contributed by atoms with Crippen LogP contribution in [0.1, 0.15) is 276 Å². The van der Waals surface area contributed by atoms with Gasteiger partial charge in [0.2, 0.25) is 0 Å². The summed E-state index contributed by atoms with van der Waals surface area (Å²) >= 11 is 0. The highest BCUT2D eigenvalue weighted by atomic mass is 16.6. The number of aliphatic hydroxyl groups is 1. The molecule has 0 fully saturated rings. The molecule has 0 aliphatic carbocycles. The molecular weight excluding hydrogens is 1330 g/mol. The first-order valence-electron chi connectivity index (χ1n) is 35.7. The maximum absolute atomic E-state index is 12.2. The van der Waals surface area contributed by atoms with Crippen LogP contribution in [0.4, 0.5) is 0 Å². The summed E-state index contributed by atoms with van der Waals surface area (Å²) in [4.78, 5) is 154. The highest BCUT2D eigenvalue weighted by Crippen LogP contribution is 2.25. The van der Waals surface area contributed by atoms with Crippen molar-refractivity contribution < 1.29 is 120 Å². The van der Waals surface area contributed by atoms with E-state index in [0.717, 1.165) is 25.7 Å². The third-order valence-corrected chi connectivity index (χ3v) is 13.7. The van der Waals surface area contributed by atoms with Gasteiger partial charge >= 0.3 is 59.7 Å². The van der Waals surface area contributed by atoms with Crippen LogP contribution in [0.5, 0.6) is 0 Å². The molecule has 0 bridgehead atoms. The second-order valence-electron chi connectivity index (χ2n) is 23.6. The zero-order valence-electron chi connectivity index (χ0n) is 62.9. The summed E-state index contributed by atoms with van der Waals surface area (Å²) in [5, 5.41) is 18.4. The van der Waals surface area contributed by atoms with E-state index < -0.39 is 76.8 Å². The second kappa shape index (κ2) is 58.0. The zero-order chi connectivity index (χ0) is 77.3. The molecule has 3 amide bonds. The lowest BCUT2D eigenvalue weighted by molar-refractivity contribution is -0.173. The average molecular weight is 1450 g/mol. The van der Waals surface area contributed by atoms with Crippen molar-refractivity contribution in [2.45, 2.75) is 219 Å². The molecule has 0 heterocycles. The van der Waals surface area contributed by atoms with Gasteiger partial charge in [-0.2, -0.15) is 0 Å². The molecule has 2 rings (SSSR count). The Bertz CT molecular complexity index is 2550. The molecule has 4 N–H and O–H groups in total. The zero-order valence-corrected chi connectivity index (χ0v) is 62.9. The Hall–Kier alpha value is -8.53. The minimum absolute atomic E-state index is 0.161. The van der Waals surface area contributed by atoms with Crippen molar-refractivity contribution in [3.8, 4) is 0 Å². The Kier molecular flexibility index (Phi) is 54.3. The van der Waals surface area contributed by atoms with E-state index in [1.807, 2.05) is 69.2 Å². The molecule has 0 spiro atoms. The van der Waals surface area contributed by atoms with Crippen molar-refractivity contribution in [1.29, 1.82) is 0 Å². The molecular formula is C74H117N3O25. The third kappa shape index (κ3) is 43.3. The van der Waals surface area contributed by atoms with Gasteiger partial charge < -0.3 is 73.2 Å². The lowest BCUT2D eigenvalue weighted by Gasteiger charge is -2.31. The maximum atomic E-state index is 12.2. The molecule has 0 saturated carbocycles. The number of aliphatic hydroxyl groups excluding tert-OH is 1. The molecule has 1 unspecified atom stereocenters. The third-order valence-electron chi connectivity index (χ3n) is 13.7. The van der Waals surface area contributed by atoms with Gasteiger partial charge in [-0.15, -0.1) is 0 Å². The molecule has 28 nitrogen and oxygen atoms in total. The number of amides is 3. The van der Waals surface area contributed by atoms with Crippen LogP contribution in [0.15, 0.2) is 36.4 Å². The number of ether oxygens (including phenoxy) is 11. The van der Waals surface area contributed by atoms with Crippen molar-refractivity contribution in [2.24, 2.45) is 10.8 Å². The van der Waals surface area contributed by atoms with Gasteiger partial charge in [-0.05, 0) is 101 Å². The number of carbonyl (C=O) groups is 13. The van der Waals surface area contributed by atoms with Gasteiger partial charge in [0.25, 0.3) is 17.7 Å². The number of nitrogens with one attached hydrogen (secondary N) is 3. The predicted octanol–water partition coefficient (Wildman–Crippen LogP) is 10.5. The molecule has 0 radical (unpaired) electrons. The van der Waals surface area contributed by atoms with Gasteiger partial charge in [-0.25, -0.2) is 9.59 Å². The van der Waals surface area contributed by atoms with Crippen LogP contribution in [0.2, 0.25) is 0 Å². The van der Waals surface area contributed by atoms with Crippen molar-refractivity contribution >= 4 is 77.4 Å². The Morgan fingerprint density at radius 1 is 0.304 bits per heavy atom. The van der Waals surface area contributed by atoms with Gasteiger partial charge in [0.15, 0.2) is 6.29 Å². The number of rotatable bonds is 47. The van der Waals surface area contributed by atoms with E-state index in [1.54, 1.807) is 27.7 Å². The molecule has 2 aromatic rings. The minimum Gasteiger partial charge on any atom is -0.465 e. The van der Waals surface area contributed by atoms with Crippen LogP contribution < -0.4 is 16.0 Å². The number of benzene rings is 2. The van der Waals surface area contributed by atoms with Crippen LogP contribution >= 0.6 is 0 Å². The Morgan fingerprint density at radius 3 is 0.755 bits per heavy atom. The number of hydrogen-bond acceptors (Lipinski definition) is 25. The molecule has 102 heavy (non-hydrogen) atoms. The van der Waals surface area contributed by atoms with E-state index in [-0.39, 0.29) is 146 Å². The van der Waals surface area contributed by atoms with E-state index in [4.69, 9.17) is 52.1 Å². The summed E-state index contributed by atoms with van der Waals surface area (Å²) in [6, 6.07) is 8.90. The van der Waals surface area contributed by atoms with E-state index in [0.29, 0.717) is 87.0 Å². The molecule has 1 atom stereocenters. The topological polar surface area (TPSA) is 380 Å². The quantitative estimate of drug-likeness (QED) is 0.0272. The molecule has 0 aliphatic rings. The Labute approximate surface area is 602 Å². The summed E-state index contributed by atoms with van der Waals surface area (Å²) in [7, 11) is 0. The molecule has 0 aliphatic heterocycles. The molecule has 2 aromatic carbocycles. The van der Waals surface area contributed by atoms with Crippen LogP contribution in [-0.2, 0) is 90.5 Å². The van der Waals surface area contributed by atoms with Crippen LogP contribution in [0, 0.1) is 10.8 Å². The van der Waals surface area contributed by atoms with E-state index in [9.17, 15) is 67.4 Å². The SMILES string of the molecule is CCC(=O)OCC(COC(=O)CC)(COC(=O)CC)COC(=O)CC.CCCC(=O)OCC(COC(=O)CCC)(COC(=O)CCC)COC(=O)CCC.CCCNC(=O)c1cc(C(=O)NCCC)cc(C(=O)NCCC)c1.CCCOC(=O)c1cc(C(=O)OCCC)cc(C(O)OCCC)c1. The molecule has 0 aromatic heterocycles. The summed E-state index contributed by atoms with van der Waals surface area (Å²) < 4.78 is 57.3. The fourth-order valence-electron chi connectivity index (χ4n) is 7.84. The summed E-state index contributed by atoms with van der Waals surface area (Å²) in [6.07, 6.45) is 7.39. The smallest absolute Gasteiger partial charge is 0.338 e. The lowest BCUT2D eigenvalue weighted by Crippen LogP contribution is -2.44. The van der Waals surface area contributed by atoms with Gasteiger partial charge in [0.1, 0.15) is 63.7 Å². The van der Waals surface area contributed by atoms with Gasteiger partial charge in [-0.3, -0.25) is 52.7 Å². The maximum Gasteiger partial charge on any atom is 0.338 e. The van der Waals surface area contributed by atoms with Crippen molar-refractivity contribution in [3.63, 3.8) is 0 Å². The van der Waals surface area contributed by atoms with Gasteiger partial charge in [-0.1, -0.05) is 96.9 Å². The van der Waals surface area contributed by atoms with E-state index >= 15 is 0 Å². The first kappa shape index (κ1) is 95.5. The normalized spacial score (nSPS) is 10.9. The first-order valence-corrected chi connectivity index (χ1v) is 35.7. The summed E-state index contributed by atoms with van der Waals surface area (Å²) in [5.74, 6) is -5.49. The van der Waals surface area contributed by atoms with Crippen LogP contribution in [0.3, 0.4) is 0 Å². The summed E-state index contributed by atoms with van der Waals surface area (Å²) in [6.45, 7) is 26.5. The molecule has 578 valence electrons. The highest BCUT2D eigenvalue weighted by molar-refractivity contribution is 6.04. The highest BCUT2D eigenvalue weighted by Gasteiger charge is 2.39. The van der Waals surface area contributed by atoms with Crippen LogP contribution in [0.25, 0.3) is 0 Å². The van der Waals surface area contributed by atoms with Gasteiger partial charge in [0.05, 0.1) is 24.3 Å². The monoisotopic (exact) mass is 1450 g/mol. The fourth-order valence-corrected chi connectivity index (χ4v) is 7.84. The van der Waals surface area contributed by atoms with E-state index in [2.05, 4.69) is 16.0 Å². The van der Waals surface area contributed by atoms with Crippen molar-refractivity contribution in [1.82, 2.24) is 16.0 Å². The minimum atomic E-state index is -1.22. The van der Waals surface area contributed by atoms with E-state index in [1.165, 1.54) is 36.4 Å². The summed E-state index contributed by atoms with van der Waals surface area (Å²) in [5.41, 5.74) is -0.673. The fraction of sp³-hybridized carbons (Fsp3) is 0.662. The largest absolute Gasteiger partial charge is 0.465 e. The second-order valence-corrected chi connectivity index (χ2v) is 23.6. The number of esters is 10. The average Bonchev–Trinajstić information content (AvgIpc) is 0.826. The Morgan fingerprint density at radius 2 is 0.539 bits per heavy atom. The van der Waals surface area contributed by atoms with Crippen LogP contribution in [-0.4, -0.2) is 175 Å². The van der Waals surface area contributed by atoms with Gasteiger partial charge in [0, 0.05) is 99.9 Å². The number of carbonyl (C=O) groups excluding carboxylic acids is 13. The number of hydrogen-bond donors (Lipinski definition) is 4. The predicted molar refractivity (Wildman–Crippen MR) is 376 cm³/mol. The Balaban J connectivity index is 0. The molecule has 28 heteroatoms. The standard InChI is InChI=1S/C21H36O8.C18H27N3O3.C18H26O6.C17H28O8/c1-5-9-17(22)26-13-21(14-27-18(23)10-6-2,15-28-19(24)11-7-3)16-29-20(25)12-8-4;1-4-7-19-16(22)13-10-14(17(23)20-8-5-2)12-15(11-13)18(24)21-9-6-3;1-4-7-22-16(19)13-10-14(17(20)23-8-5-2)12-15(11-13)18(21)24-9-6-3;1-5-13(18)22-9-17(10-23-14(19)6-2,11-24-15(20)7-3)12-25-16(21)8-4/h5-16H2,1-4H3;10-12H,4-9H2,1-3H3,(H,19,22)(H,20,23)(H,21,24);10-12,16,19H,4-9H2,1-3H3;5-12H2,1-4H3.